The number of amides is 1. The van der Waals surface area contributed by atoms with Crippen molar-refractivity contribution in [3.63, 3.8) is 0 Å². The molecule has 5 heteroatoms. The second-order valence-electron chi connectivity index (χ2n) is 1.69. The van der Waals surface area contributed by atoms with Gasteiger partial charge in [-0.25, -0.2) is 4.79 Å². The highest BCUT2D eigenvalue weighted by Crippen LogP contribution is 1.86. The Kier molecular flexibility index (Phi) is 3.24. The minimum atomic E-state index is -1.20. The van der Waals surface area contributed by atoms with Gasteiger partial charge >= 0.3 is 12.1 Å². The van der Waals surface area contributed by atoms with Crippen LogP contribution in [0.5, 0.6) is 0 Å². The predicted molar refractivity (Wildman–Crippen MR) is 32.9 cm³/mol. The van der Waals surface area contributed by atoms with E-state index < -0.39 is 18.6 Å². The van der Waals surface area contributed by atoms with Crippen LogP contribution in [0.4, 0.5) is 4.79 Å². The lowest BCUT2D eigenvalue weighted by molar-refractivity contribution is -0.137. The molecule has 2 N–H and O–H groups in total. The third-order valence-corrected chi connectivity index (χ3v) is 0.978. The van der Waals surface area contributed by atoms with Gasteiger partial charge in [0.25, 0.3) is 0 Å². The summed E-state index contributed by atoms with van der Waals surface area (Å²) in [7, 11) is 0. The van der Waals surface area contributed by atoms with Crippen molar-refractivity contribution in [3.05, 3.63) is 0 Å². The molecule has 0 fully saturated rings. The zero-order valence-corrected chi connectivity index (χ0v) is 5.57. The molecule has 1 amide bonds. The van der Waals surface area contributed by atoms with E-state index in [1.165, 1.54) is 0 Å². The molecule has 0 saturated carbocycles. The molecule has 0 aliphatic carbocycles. The van der Waals surface area contributed by atoms with Crippen molar-refractivity contribution in [1.29, 1.82) is 0 Å². The van der Waals surface area contributed by atoms with Gasteiger partial charge in [0.1, 0.15) is 6.54 Å². The molecular weight excluding hydrogens is 138 g/mol. The van der Waals surface area contributed by atoms with E-state index in [9.17, 15) is 9.59 Å². The van der Waals surface area contributed by atoms with Crippen LogP contribution in [0.2, 0.25) is 0 Å². The van der Waals surface area contributed by atoms with Crippen molar-refractivity contribution < 1.29 is 19.8 Å². The van der Waals surface area contributed by atoms with Gasteiger partial charge in [-0.05, 0) is 6.92 Å². The van der Waals surface area contributed by atoms with E-state index in [4.69, 9.17) is 10.2 Å². The monoisotopic (exact) mass is 147 g/mol. The maximum atomic E-state index is 10.1. The molecule has 0 unspecified atom stereocenters. The Morgan fingerprint density at radius 2 is 1.90 bits per heavy atom. The maximum absolute atomic E-state index is 10.1. The predicted octanol–water partition coefficient (Wildman–Crippen LogP) is 0.0709. The normalized spacial score (nSPS) is 8.90. The Hall–Kier alpha value is -1.26. The van der Waals surface area contributed by atoms with Crippen molar-refractivity contribution >= 4 is 12.1 Å². The molecule has 0 rings (SSSR count). The van der Waals surface area contributed by atoms with Gasteiger partial charge in [-0.3, -0.25) is 9.69 Å². The lowest BCUT2D eigenvalue weighted by atomic mass is 10.5. The molecule has 0 aromatic carbocycles. The number of carboxylic acid groups (broad SMARTS) is 2. The van der Waals surface area contributed by atoms with Crippen molar-refractivity contribution in [2.45, 2.75) is 6.92 Å². The van der Waals surface area contributed by atoms with Gasteiger partial charge in [-0.15, -0.1) is 0 Å². The molecule has 0 bridgehead atoms. The first-order valence-electron chi connectivity index (χ1n) is 2.77. The Balaban J connectivity index is 3.83. The Morgan fingerprint density at radius 1 is 1.40 bits per heavy atom. The molecule has 0 atom stereocenters. The van der Waals surface area contributed by atoms with Crippen molar-refractivity contribution in [1.82, 2.24) is 4.90 Å². The average molecular weight is 147 g/mol. The van der Waals surface area contributed by atoms with E-state index in [1.54, 1.807) is 6.92 Å². The SMILES string of the molecule is CCN(CC(=O)O)C(=O)O. The molecule has 0 heterocycles. The summed E-state index contributed by atoms with van der Waals surface area (Å²) < 4.78 is 0. The summed E-state index contributed by atoms with van der Waals surface area (Å²) in [6.07, 6.45) is -1.20. The van der Waals surface area contributed by atoms with E-state index in [0.717, 1.165) is 4.90 Å². The van der Waals surface area contributed by atoms with Crippen molar-refractivity contribution in [2.75, 3.05) is 13.1 Å². The number of aliphatic carboxylic acids is 1. The van der Waals surface area contributed by atoms with Gasteiger partial charge in [-0.2, -0.15) is 0 Å². The number of carboxylic acids is 1. The molecule has 0 radical (unpaired) electrons. The van der Waals surface area contributed by atoms with Crippen molar-refractivity contribution in [3.8, 4) is 0 Å². The van der Waals surface area contributed by atoms with Gasteiger partial charge in [0.2, 0.25) is 0 Å². The molecule has 0 aromatic rings. The summed E-state index contributed by atoms with van der Waals surface area (Å²) in [5, 5.41) is 16.4. The van der Waals surface area contributed by atoms with E-state index in [2.05, 4.69) is 0 Å². The van der Waals surface area contributed by atoms with Crippen LogP contribution in [0.3, 0.4) is 0 Å². The second kappa shape index (κ2) is 3.71. The summed E-state index contributed by atoms with van der Waals surface area (Å²) in [5.74, 6) is -1.13. The van der Waals surface area contributed by atoms with Gasteiger partial charge in [0.15, 0.2) is 0 Å². The third-order valence-electron chi connectivity index (χ3n) is 0.978. The van der Waals surface area contributed by atoms with Crippen LogP contribution < -0.4 is 0 Å². The number of hydrogen-bond donors (Lipinski definition) is 2. The van der Waals surface area contributed by atoms with Gasteiger partial charge in [0, 0.05) is 6.54 Å². The van der Waals surface area contributed by atoms with Crippen LogP contribution in [0, 0.1) is 0 Å². The zero-order valence-electron chi connectivity index (χ0n) is 5.57. The number of carbonyl (C=O) groups is 2. The summed E-state index contributed by atoms with van der Waals surface area (Å²) >= 11 is 0. The lowest BCUT2D eigenvalue weighted by Gasteiger charge is -2.12. The number of rotatable bonds is 3. The minimum Gasteiger partial charge on any atom is -0.480 e. The van der Waals surface area contributed by atoms with E-state index in [-0.39, 0.29) is 6.54 Å². The summed E-state index contributed by atoms with van der Waals surface area (Å²) in [6.45, 7) is 1.32. The molecule has 58 valence electrons. The van der Waals surface area contributed by atoms with E-state index >= 15 is 0 Å². The highest BCUT2D eigenvalue weighted by molar-refractivity contribution is 5.75. The highest BCUT2D eigenvalue weighted by atomic mass is 16.4. The van der Waals surface area contributed by atoms with Crippen LogP contribution in [0.1, 0.15) is 6.92 Å². The minimum absolute atomic E-state index is 0.196. The first-order chi connectivity index (χ1) is 4.57. The molecule has 0 saturated heterocycles. The topological polar surface area (TPSA) is 77.8 Å². The lowest BCUT2D eigenvalue weighted by Crippen LogP contribution is -2.34. The van der Waals surface area contributed by atoms with Crippen LogP contribution in [0.15, 0.2) is 0 Å². The molecular formula is C5H9NO4. The largest absolute Gasteiger partial charge is 0.480 e. The fourth-order valence-corrected chi connectivity index (χ4v) is 0.478. The van der Waals surface area contributed by atoms with Crippen molar-refractivity contribution in [2.24, 2.45) is 0 Å². The summed E-state index contributed by atoms with van der Waals surface area (Å²) in [5.41, 5.74) is 0. The fourth-order valence-electron chi connectivity index (χ4n) is 0.478. The highest BCUT2D eigenvalue weighted by Gasteiger charge is 2.11. The van der Waals surface area contributed by atoms with Gasteiger partial charge in [-0.1, -0.05) is 0 Å². The fraction of sp³-hybridized carbons (Fsp3) is 0.600. The first kappa shape index (κ1) is 8.74. The molecule has 0 spiro atoms. The number of likely N-dealkylation sites (N-methyl/N-ethyl adjacent to an activating group) is 1. The molecule has 10 heavy (non-hydrogen) atoms. The average Bonchev–Trinajstić information content (AvgIpc) is 1.81. The van der Waals surface area contributed by atoms with Crippen LogP contribution >= 0.6 is 0 Å². The Labute approximate surface area is 57.9 Å². The van der Waals surface area contributed by atoms with Crippen LogP contribution in [-0.4, -0.2) is 40.3 Å². The van der Waals surface area contributed by atoms with Crippen LogP contribution in [-0.2, 0) is 4.79 Å². The quantitative estimate of drug-likeness (QED) is 0.592. The standard InChI is InChI=1S/C5H9NO4/c1-2-6(5(9)10)3-4(7)8/h2-3H2,1H3,(H,7,8)(H,9,10). The van der Waals surface area contributed by atoms with Gasteiger partial charge < -0.3 is 10.2 Å². The maximum Gasteiger partial charge on any atom is 0.407 e. The third kappa shape index (κ3) is 2.91. The summed E-state index contributed by atoms with van der Waals surface area (Å²) in [4.78, 5) is 20.9. The van der Waals surface area contributed by atoms with Gasteiger partial charge in [0.05, 0.1) is 0 Å². The second-order valence-corrected chi connectivity index (χ2v) is 1.69. The smallest absolute Gasteiger partial charge is 0.407 e. The molecule has 0 aliphatic heterocycles. The molecule has 0 aliphatic rings. The summed E-state index contributed by atoms with van der Waals surface area (Å²) in [6, 6.07) is 0. The Bertz CT molecular complexity index is 145. The number of hydrogen-bond acceptors (Lipinski definition) is 2. The molecule has 5 nitrogen and oxygen atoms in total. The number of nitrogens with zero attached hydrogens (tertiary/aromatic N) is 1. The zero-order chi connectivity index (χ0) is 8.15. The van der Waals surface area contributed by atoms with E-state index in [0.29, 0.717) is 0 Å². The van der Waals surface area contributed by atoms with E-state index in [1.807, 2.05) is 0 Å². The molecule has 0 aromatic heterocycles. The first-order valence-corrected chi connectivity index (χ1v) is 2.77. The Morgan fingerprint density at radius 3 is 2.00 bits per heavy atom. The van der Waals surface area contributed by atoms with Crippen LogP contribution in [0.25, 0.3) is 0 Å².